The zero-order chi connectivity index (χ0) is 18.6. The van der Waals surface area contributed by atoms with Gasteiger partial charge >= 0.3 is 0 Å². The summed E-state index contributed by atoms with van der Waals surface area (Å²) >= 11 is 0. The van der Waals surface area contributed by atoms with Gasteiger partial charge in [0, 0.05) is 12.8 Å². The van der Waals surface area contributed by atoms with Gasteiger partial charge in [-0.1, -0.05) is 6.07 Å². The van der Waals surface area contributed by atoms with Crippen molar-refractivity contribution in [2.45, 2.75) is 18.9 Å². The van der Waals surface area contributed by atoms with Gasteiger partial charge in [-0.25, -0.2) is 0 Å². The first-order valence-electron chi connectivity index (χ1n) is 9.27. The molecule has 27 heavy (non-hydrogen) atoms. The zero-order valence-corrected chi connectivity index (χ0v) is 15.9. The first-order chi connectivity index (χ1) is 13.1. The fraction of sp³-hybridized carbons (Fsp3) is 0.429. The van der Waals surface area contributed by atoms with E-state index in [4.69, 9.17) is 23.7 Å². The Hall–Kier alpha value is -2.60. The number of hydrogen-bond donors (Lipinski definition) is 0. The molecule has 1 unspecified atom stereocenters. The molecule has 0 amide bonds. The molecule has 2 aromatic carbocycles. The molecule has 3 heterocycles. The summed E-state index contributed by atoms with van der Waals surface area (Å²) < 4.78 is 29.1. The van der Waals surface area contributed by atoms with Crippen molar-refractivity contribution < 1.29 is 28.2 Å². The minimum atomic E-state index is 0.249. The summed E-state index contributed by atoms with van der Waals surface area (Å²) in [6.07, 6.45) is 1.87. The van der Waals surface area contributed by atoms with Crippen LogP contribution < -0.4 is 23.7 Å². The van der Waals surface area contributed by atoms with Gasteiger partial charge in [-0.15, -0.1) is 0 Å². The van der Waals surface area contributed by atoms with Gasteiger partial charge in [-0.3, -0.25) is 0 Å². The Morgan fingerprint density at radius 2 is 1.78 bits per heavy atom. The smallest absolute Gasteiger partial charge is 0.231 e. The predicted molar refractivity (Wildman–Crippen MR) is 98.8 cm³/mol. The average molecular weight is 370 g/mol. The molecule has 2 aromatic rings. The van der Waals surface area contributed by atoms with Crippen LogP contribution in [0.15, 0.2) is 24.3 Å². The number of ether oxygens (including phenoxy) is 5. The monoisotopic (exact) mass is 370 g/mol. The number of fused-ring (bicyclic) bond motifs is 3. The van der Waals surface area contributed by atoms with E-state index in [1.165, 1.54) is 16.7 Å². The van der Waals surface area contributed by atoms with Crippen molar-refractivity contribution in [2.24, 2.45) is 0 Å². The minimum Gasteiger partial charge on any atom is -0.492 e. The standard InChI is InChI=1S/C21H24NO5/c1-22(2)7-6-14-10-18-20(27-12-26-18)21(23-3)19(14)15(22)8-13-4-5-16-17(9-13)25-11-24-16/h4-5,9-10,15H,6-8,11-12H2,1-3H3/q+1. The Kier molecular flexibility index (Phi) is 3.65. The van der Waals surface area contributed by atoms with Gasteiger partial charge in [0.05, 0.1) is 33.3 Å². The molecule has 0 bridgehead atoms. The van der Waals surface area contributed by atoms with Gasteiger partial charge in [-0.05, 0) is 29.3 Å². The lowest BCUT2D eigenvalue weighted by atomic mass is 9.86. The molecule has 0 radical (unpaired) electrons. The molecule has 0 aromatic heterocycles. The van der Waals surface area contributed by atoms with Crippen molar-refractivity contribution in [1.29, 1.82) is 0 Å². The van der Waals surface area contributed by atoms with E-state index in [1.54, 1.807) is 7.11 Å². The number of likely N-dealkylation sites (N-methyl/N-ethyl adjacent to an activating group) is 1. The third-order valence-corrected chi connectivity index (χ3v) is 5.95. The summed E-state index contributed by atoms with van der Waals surface area (Å²) in [5.74, 6) is 3.98. The van der Waals surface area contributed by atoms with E-state index in [1.807, 2.05) is 6.07 Å². The first kappa shape index (κ1) is 16.6. The Morgan fingerprint density at radius 3 is 2.63 bits per heavy atom. The Morgan fingerprint density at radius 1 is 1.00 bits per heavy atom. The lowest BCUT2D eigenvalue weighted by Gasteiger charge is -2.43. The van der Waals surface area contributed by atoms with Crippen LogP contribution >= 0.6 is 0 Å². The van der Waals surface area contributed by atoms with E-state index in [0.29, 0.717) is 6.79 Å². The number of rotatable bonds is 3. The molecule has 5 rings (SSSR count). The number of quaternary nitrogens is 1. The molecule has 0 fully saturated rings. The SMILES string of the molecule is COc1c2c(cc3c1C(Cc1ccc4c(c1)OCO4)[N+](C)(C)CC3)OCO2. The Balaban J connectivity index is 1.59. The molecular weight excluding hydrogens is 346 g/mol. The first-order valence-corrected chi connectivity index (χ1v) is 9.27. The molecule has 3 aliphatic heterocycles. The second-order valence-electron chi connectivity index (χ2n) is 7.88. The number of hydrogen-bond acceptors (Lipinski definition) is 5. The van der Waals surface area contributed by atoms with Crippen LogP contribution in [0.5, 0.6) is 28.7 Å². The van der Waals surface area contributed by atoms with E-state index >= 15 is 0 Å². The van der Waals surface area contributed by atoms with Gasteiger partial charge in [0.1, 0.15) is 6.04 Å². The second kappa shape index (κ2) is 5.96. The topological polar surface area (TPSA) is 46.2 Å². The number of benzene rings is 2. The van der Waals surface area contributed by atoms with Crippen molar-refractivity contribution in [3.63, 3.8) is 0 Å². The highest BCUT2D eigenvalue weighted by atomic mass is 16.7. The summed E-state index contributed by atoms with van der Waals surface area (Å²) in [7, 11) is 6.28. The molecule has 0 spiro atoms. The van der Waals surface area contributed by atoms with Crippen molar-refractivity contribution in [3.05, 3.63) is 41.0 Å². The van der Waals surface area contributed by atoms with E-state index in [-0.39, 0.29) is 12.8 Å². The molecule has 142 valence electrons. The van der Waals surface area contributed by atoms with Crippen molar-refractivity contribution in [3.8, 4) is 28.7 Å². The third-order valence-electron chi connectivity index (χ3n) is 5.95. The van der Waals surface area contributed by atoms with Crippen molar-refractivity contribution in [2.75, 3.05) is 41.3 Å². The average Bonchev–Trinajstić information content (AvgIpc) is 3.30. The maximum Gasteiger partial charge on any atom is 0.231 e. The maximum atomic E-state index is 5.83. The van der Waals surface area contributed by atoms with Gasteiger partial charge in [0.25, 0.3) is 0 Å². The highest BCUT2D eigenvalue weighted by Gasteiger charge is 2.41. The van der Waals surface area contributed by atoms with Crippen LogP contribution in [0.1, 0.15) is 22.7 Å². The molecule has 3 aliphatic rings. The molecule has 6 heteroatoms. The predicted octanol–water partition coefficient (Wildman–Crippen LogP) is 3.07. The molecule has 0 N–H and O–H groups in total. The van der Waals surface area contributed by atoms with Crippen molar-refractivity contribution >= 4 is 0 Å². The molecule has 0 saturated carbocycles. The lowest BCUT2D eigenvalue weighted by molar-refractivity contribution is -0.923. The fourth-order valence-corrected chi connectivity index (χ4v) is 4.41. The number of methoxy groups -OCH3 is 1. The highest BCUT2D eigenvalue weighted by Crippen LogP contribution is 2.51. The molecule has 0 saturated heterocycles. The van der Waals surface area contributed by atoms with E-state index in [2.05, 4.69) is 32.3 Å². The van der Waals surface area contributed by atoms with Crippen LogP contribution in [0.2, 0.25) is 0 Å². The molecular formula is C21H24NO5+. The van der Waals surface area contributed by atoms with Gasteiger partial charge < -0.3 is 28.2 Å². The van der Waals surface area contributed by atoms with Crippen LogP contribution in [0.3, 0.4) is 0 Å². The van der Waals surface area contributed by atoms with E-state index in [9.17, 15) is 0 Å². The summed E-state index contributed by atoms with van der Waals surface area (Å²) in [6.45, 7) is 1.61. The van der Waals surface area contributed by atoms with Gasteiger partial charge in [-0.2, -0.15) is 0 Å². The van der Waals surface area contributed by atoms with Crippen molar-refractivity contribution in [1.82, 2.24) is 0 Å². The van der Waals surface area contributed by atoms with Crippen LogP contribution in [0.4, 0.5) is 0 Å². The fourth-order valence-electron chi connectivity index (χ4n) is 4.41. The normalized spacial score (nSPS) is 21.1. The third kappa shape index (κ3) is 2.58. The molecule has 6 nitrogen and oxygen atoms in total. The van der Waals surface area contributed by atoms with Gasteiger partial charge in [0.2, 0.25) is 19.3 Å². The van der Waals surface area contributed by atoms with Gasteiger partial charge in [0.15, 0.2) is 23.0 Å². The van der Waals surface area contributed by atoms with E-state index < -0.39 is 0 Å². The largest absolute Gasteiger partial charge is 0.492 e. The number of nitrogens with zero attached hydrogens (tertiary/aromatic N) is 1. The van der Waals surface area contributed by atoms with Crippen LogP contribution in [-0.2, 0) is 12.8 Å². The summed E-state index contributed by atoms with van der Waals surface area (Å²) in [5, 5.41) is 0. The van der Waals surface area contributed by atoms with Crippen LogP contribution in [0.25, 0.3) is 0 Å². The molecule has 1 atom stereocenters. The maximum absolute atomic E-state index is 5.83. The zero-order valence-electron chi connectivity index (χ0n) is 15.9. The molecule has 0 aliphatic carbocycles. The van der Waals surface area contributed by atoms with E-state index in [0.717, 1.165) is 52.6 Å². The van der Waals surface area contributed by atoms with Crippen LogP contribution in [0, 0.1) is 0 Å². The van der Waals surface area contributed by atoms with Crippen LogP contribution in [-0.4, -0.2) is 45.8 Å². The highest BCUT2D eigenvalue weighted by molar-refractivity contribution is 5.61. The Labute approximate surface area is 158 Å². The summed E-state index contributed by atoms with van der Waals surface area (Å²) in [4.78, 5) is 0. The summed E-state index contributed by atoms with van der Waals surface area (Å²) in [5.41, 5.74) is 3.75. The summed E-state index contributed by atoms with van der Waals surface area (Å²) in [6, 6.07) is 8.60. The Bertz CT molecular complexity index is 908. The second-order valence-corrected chi connectivity index (χ2v) is 7.88. The lowest BCUT2D eigenvalue weighted by Crippen LogP contribution is -2.48. The minimum absolute atomic E-state index is 0.249. The quantitative estimate of drug-likeness (QED) is 0.777.